The van der Waals surface area contributed by atoms with Crippen LogP contribution in [0.1, 0.15) is 25.7 Å². The fourth-order valence-electron chi connectivity index (χ4n) is 4.60. The molecule has 2 saturated heterocycles. The van der Waals surface area contributed by atoms with E-state index in [-0.39, 0.29) is 32.2 Å². The second-order valence-corrected chi connectivity index (χ2v) is 9.36. The highest BCUT2D eigenvalue weighted by molar-refractivity contribution is 6.33. The Morgan fingerprint density at radius 1 is 0.795 bits per heavy atom. The topological polar surface area (TPSA) is 72.2 Å². The monoisotopic (exact) mass is 578 g/mol. The number of hydrogen-bond donors (Lipinski definition) is 2. The number of rotatable bonds is 6. The summed E-state index contributed by atoms with van der Waals surface area (Å²) in [7, 11) is 7.85. The molecule has 0 saturated carbocycles. The largest absolute Gasteiger partial charge is 0.495 e. The van der Waals surface area contributed by atoms with Gasteiger partial charge in [-0.2, -0.15) is 0 Å². The van der Waals surface area contributed by atoms with E-state index in [2.05, 4.69) is 11.1 Å². The highest BCUT2D eigenvalue weighted by Gasteiger charge is 2.41. The molecule has 3 N–H and O–H groups in total. The number of benzene rings is 2. The Bertz CT molecular complexity index is 1020. The van der Waals surface area contributed by atoms with E-state index in [0.717, 1.165) is 5.69 Å². The SMILES string of the molecule is CN.CNC1CC(F)(F)CCN1c1c(Cl)cccc1OC.COc1cccc(OC)c1N1CCC(F)(F)CC1. The van der Waals surface area contributed by atoms with Crippen molar-refractivity contribution < 1.29 is 31.8 Å². The van der Waals surface area contributed by atoms with E-state index >= 15 is 0 Å². The first-order chi connectivity index (χ1) is 18.6. The zero-order valence-electron chi connectivity index (χ0n) is 23.1. The van der Waals surface area contributed by atoms with Crippen molar-refractivity contribution in [1.82, 2.24) is 5.32 Å². The summed E-state index contributed by atoms with van der Waals surface area (Å²) in [4.78, 5) is 3.74. The van der Waals surface area contributed by atoms with Crippen molar-refractivity contribution in [2.45, 2.75) is 43.7 Å². The van der Waals surface area contributed by atoms with Crippen molar-refractivity contribution in [2.75, 3.05) is 64.9 Å². The molecule has 220 valence electrons. The smallest absolute Gasteiger partial charge is 0.253 e. The second kappa shape index (κ2) is 14.7. The number of halogens is 5. The van der Waals surface area contributed by atoms with Crippen LogP contribution in [0.15, 0.2) is 36.4 Å². The van der Waals surface area contributed by atoms with E-state index in [1.54, 1.807) is 46.6 Å². The summed E-state index contributed by atoms with van der Waals surface area (Å²) in [6, 6.07) is 10.7. The van der Waals surface area contributed by atoms with Crippen LogP contribution in [-0.2, 0) is 0 Å². The minimum atomic E-state index is -2.64. The van der Waals surface area contributed by atoms with Gasteiger partial charge in [-0.15, -0.1) is 0 Å². The molecule has 0 aromatic heterocycles. The fourth-order valence-corrected chi connectivity index (χ4v) is 4.87. The molecule has 12 heteroatoms. The van der Waals surface area contributed by atoms with Gasteiger partial charge in [-0.25, -0.2) is 17.6 Å². The van der Waals surface area contributed by atoms with E-state index < -0.39 is 18.0 Å². The molecule has 7 nitrogen and oxygen atoms in total. The third kappa shape index (κ3) is 8.43. The summed E-state index contributed by atoms with van der Waals surface area (Å²) >= 11 is 6.20. The first-order valence-corrected chi connectivity index (χ1v) is 13.0. The van der Waals surface area contributed by atoms with Gasteiger partial charge < -0.3 is 35.1 Å². The number of piperidine rings is 2. The molecule has 2 aromatic carbocycles. The number of nitrogens with two attached hydrogens (primary N) is 1. The number of ether oxygens (including phenoxy) is 3. The summed E-state index contributed by atoms with van der Waals surface area (Å²) in [6.07, 6.45) is -1.14. The number of methoxy groups -OCH3 is 3. The van der Waals surface area contributed by atoms with E-state index in [1.165, 1.54) is 7.05 Å². The minimum absolute atomic E-state index is 0.131. The predicted octanol–water partition coefficient (Wildman–Crippen LogP) is 5.64. The molecule has 0 radical (unpaired) electrons. The summed E-state index contributed by atoms with van der Waals surface area (Å²) < 4.78 is 69.2. The van der Waals surface area contributed by atoms with Gasteiger partial charge in [-0.05, 0) is 38.4 Å². The minimum Gasteiger partial charge on any atom is -0.495 e. The first kappa shape index (κ1) is 32.6. The fraction of sp³-hybridized carbons (Fsp3) is 0.556. The zero-order valence-corrected chi connectivity index (χ0v) is 23.8. The first-order valence-electron chi connectivity index (χ1n) is 12.6. The maximum atomic E-state index is 13.5. The van der Waals surface area contributed by atoms with Crippen LogP contribution in [-0.4, -0.2) is 73.1 Å². The molecule has 1 unspecified atom stereocenters. The Kier molecular flexibility index (Phi) is 12.3. The molecule has 39 heavy (non-hydrogen) atoms. The van der Waals surface area contributed by atoms with Crippen LogP contribution < -0.4 is 35.1 Å². The number of anilines is 2. The van der Waals surface area contributed by atoms with Crippen molar-refractivity contribution in [3.05, 3.63) is 41.4 Å². The van der Waals surface area contributed by atoms with Gasteiger partial charge in [0.25, 0.3) is 11.8 Å². The van der Waals surface area contributed by atoms with Crippen molar-refractivity contribution in [3.63, 3.8) is 0 Å². The number of nitrogens with one attached hydrogen (secondary N) is 1. The molecule has 0 aliphatic carbocycles. The van der Waals surface area contributed by atoms with Gasteiger partial charge in [0, 0.05) is 45.3 Å². The summed E-state index contributed by atoms with van der Waals surface area (Å²) in [6.45, 7) is 0.853. The van der Waals surface area contributed by atoms with Gasteiger partial charge >= 0.3 is 0 Å². The summed E-state index contributed by atoms with van der Waals surface area (Å²) in [5.41, 5.74) is 5.93. The molecule has 2 heterocycles. The maximum absolute atomic E-state index is 13.5. The Morgan fingerprint density at radius 3 is 1.74 bits per heavy atom. The predicted molar refractivity (Wildman–Crippen MR) is 148 cm³/mol. The van der Waals surface area contributed by atoms with Gasteiger partial charge in [0.2, 0.25) is 0 Å². The van der Waals surface area contributed by atoms with Crippen molar-refractivity contribution >= 4 is 23.0 Å². The van der Waals surface area contributed by atoms with Gasteiger partial charge in [0.15, 0.2) is 0 Å². The number of alkyl halides is 4. The standard InChI is InChI=1S/C13H17ClF2N2O.C13H17F2NO2.CH5N/c1-17-11-8-13(15,16)6-7-18(11)12-9(14)4-3-5-10(12)19-2;1-17-10-4-3-5-11(18-2)12(10)16-8-6-13(14,15)7-9-16;1-2/h3-5,11,17H,6-8H2,1-2H3;3-5H,6-9H2,1-2H3;2H2,1H3. The third-order valence-corrected chi connectivity index (χ3v) is 6.89. The van der Waals surface area contributed by atoms with E-state index in [0.29, 0.717) is 41.0 Å². The Hall–Kier alpha value is -2.63. The lowest BCUT2D eigenvalue weighted by molar-refractivity contribution is -0.0366. The highest BCUT2D eigenvalue weighted by Crippen LogP contribution is 2.42. The molecule has 2 fully saturated rings. The number of nitrogens with zero attached hydrogens (tertiary/aromatic N) is 2. The molecule has 0 spiro atoms. The van der Waals surface area contributed by atoms with E-state index in [4.69, 9.17) is 25.8 Å². The zero-order chi connectivity index (χ0) is 29.2. The molecule has 4 rings (SSSR count). The lowest BCUT2D eigenvalue weighted by Crippen LogP contribution is -2.53. The number of para-hydroxylation sites is 2. The van der Waals surface area contributed by atoms with Crippen LogP contribution in [0.4, 0.5) is 28.9 Å². The van der Waals surface area contributed by atoms with Gasteiger partial charge in [-0.1, -0.05) is 23.7 Å². The molecule has 0 amide bonds. The summed E-state index contributed by atoms with van der Waals surface area (Å²) in [5, 5.41) is 3.42. The molecular formula is C27H39ClF4N4O3. The Morgan fingerprint density at radius 2 is 1.26 bits per heavy atom. The van der Waals surface area contributed by atoms with E-state index in [9.17, 15) is 17.6 Å². The summed E-state index contributed by atoms with van der Waals surface area (Å²) in [5.74, 6) is -3.29. The van der Waals surface area contributed by atoms with E-state index in [1.807, 2.05) is 28.0 Å². The van der Waals surface area contributed by atoms with Gasteiger partial charge in [0.05, 0.1) is 38.2 Å². The van der Waals surface area contributed by atoms with Crippen LogP contribution >= 0.6 is 11.6 Å². The normalized spacial score (nSPS) is 19.6. The van der Waals surface area contributed by atoms with Crippen LogP contribution in [0.2, 0.25) is 5.02 Å². The second-order valence-electron chi connectivity index (χ2n) is 8.95. The Balaban J connectivity index is 0.000000258. The molecule has 1 atom stereocenters. The van der Waals surface area contributed by atoms with Crippen molar-refractivity contribution in [2.24, 2.45) is 5.73 Å². The highest BCUT2D eigenvalue weighted by atomic mass is 35.5. The lowest BCUT2D eigenvalue weighted by atomic mass is 10.0. The maximum Gasteiger partial charge on any atom is 0.253 e. The van der Waals surface area contributed by atoms with Gasteiger partial charge in [-0.3, -0.25) is 0 Å². The molecule has 0 bridgehead atoms. The quantitative estimate of drug-likeness (QED) is 0.430. The lowest BCUT2D eigenvalue weighted by Gasteiger charge is -2.41. The number of hydrogen-bond acceptors (Lipinski definition) is 7. The van der Waals surface area contributed by atoms with Gasteiger partial charge in [0.1, 0.15) is 22.9 Å². The molecule has 2 aromatic rings. The van der Waals surface area contributed by atoms with Crippen molar-refractivity contribution in [1.29, 1.82) is 0 Å². The van der Waals surface area contributed by atoms with Crippen LogP contribution in [0.3, 0.4) is 0 Å². The Labute approximate surface area is 233 Å². The average Bonchev–Trinajstić information content (AvgIpc) is 2.93. The third-order valence-electron chi connectivity index (χ3n) is 6.59. The van der Waals surface area contributed by atoms with Crippen LogP contribution in [0.25, 0.3) is 0 Å². The molecular weight excluding hydrogens is 540 g/mol. The van der Waals surface area contributed by atoms with Crippen molar-refractivity contribution in [3.8, 4) is 17.2 Å². The van der Waals surface area contributed by atoms with Crippen LogP contribution in [0, 0.1) is 0 Å². The molecule has 2 aliphatic rings. The molecule has 2 aliphatic heterocycles. The average molecular weight is 579 g/mol. The van der Waals surface area contributed by atoms with Crippen LogP contribution in [0.5, 0.6) is 17.2 Å².